The van der Waals surface area contributed by atoms with Gasteiger partial charge in [0, 0.05) is 17.0 Å². The Kier molecular flexibility index (Phi) is 5.63. The lowest BCUT2D eigenvalue weighted by atomic mass is 9.78. The van der Waals surface area contributed by atoms with Crippen LogP contribution in [0, 0.1) is 11.3 Å². The van der Waals surface area contributed by atoms with Crippen LogP contribution in [0.3, 0.4) is 0 Å². The molecular formula is C16H23BrO3. The largest absolute Gasteiger partial charge is 0.497 e. The van der Waals surface area contributed by atoms with Crippen LogP contribution >= 0.6 is 15.9 Å². The molecule has 112 valence electrons. The highest BCUT2D eigenvalue weighted by Crippen LogP contribution is 2.36. The first kappa shape index (κ1) is 17.0. The van der Waals surface area contributed by atoms with E-state index in [0.29, 0.717) is 28.0 Å². The van der Waals surface area contributed by atoms with E-state index >= 15 is 0 Å². The molecule has 3 nitrogen and oxygen atoms in total. The minimum atomic E-state index is 0.0822. The van der Waals surface area contributed by atoms with Crippen molar-refractivity contribution in [2.24, 2.45) is 11.3 Å². The molecule has 0 saturated heterocycles. The molecule has 0 saturated carbocycles. The van der Waals surface area contributed by atoms with Crippen molar-refractivity contribution in [1.29, 1.82) is 0 Å². The van der Waals surface area contributed by atoms with Crippen LogP contribution in [0.5, 0.6) is 11.5 Å². The fraction of sp³-hybridized carbons (Fsp3) is 0.562. The Morgan fingerprint density at radius 2 is 1.85 bits per heavy atom. The lowest BCUT2D eigenvalue weighted by Gasteiger charge is -2.27. The summed E-state index contributed by atoms with van der Waals surface area (Å²) in [7, 11) is 3.15. The van der Waals surface area contributed by atoms with E-state index in [4.69, 9.17) is 9.47 Å². The van der Waals surface area contributed by atoms with Crippen molar-refractivity contribution in [2.75, 3.05) is 14.2 Å². The Morgan fingerprint density at radius 3 is 2.30 bits per heavy atom. The van der Waals surface area contributed by atoms with Gasteiger partial charge in [-0.15, -0.1) is 0 Å². The van der Waals surface area contributed by atoms with Crippen molar-refractivity contribution in [1.82, 2.24) is 0 Å². The molecule has 0 aliphatic carbocycles. The average molecular weight is 343 g/mol. The topological polar surface area (TPSA) is 35.5 Å². The van der Waals surface area contributed by atoms with Crippen LogP contribution in [0.4, 0.5) is 0 Å². The van der Waals surface area contributed by atoms with Gasteiger partial charge in [0.25, 0.3) is 0 Å². The molecule has 0 spiro atoms. The first-order valence-corrected chi connectivity index (χ1v) is 7.44. The number of methoxy groups -OCH3 is 2. The van der Waals surface area contributed by atoms with Crippen LogP contribution in [0.1, 0.15) is 44.5 Å². The third kappa shape index (κ3) is 3.98. The van der Waals surface area contributed by atoms with Gasteiger partial charge in [-0.05, 0) is 33.3 Å². The lowest BCUT2D eigenvalue weighted by molar-refractivity contribution is 0.0923. The molecule has 1 aromatic rings. The zero-order valence-corrected chi connectivity index (χ0v) is 14.6. The second-order valence-corrected chi connectivity index (χ2v) is 6.94. The van der Waals surface area contributed by atoms with Gasteiger partial charge in [0.15, 0.2) is 5.78 Å². The van der Waals surface area contributed by atoms with E-state index in [1.165, 1.54) is 0 Å². The van der Waals surface area contributed by atoms with Crippen molar-refractivity contribution in [3.05, 3.63) is 22.2 Å². The third-order valence-electron chi connectivity index (χ3n) is 3.73. The van der Waals surface area contributed by atoms with Crippen LogP contribution in [-0.2, 0) is 0 Å². The van der Waals surface area contributed by atoms with Crippen LogP contribution in [-0.4, -0.2) is 20.0 Å². The number of halogens is 1. The van der Waals surface area contributed by atoms with E-state index in [1.54, 1.807) is 26.4 Å². The first-order valence-electron chi connectivity index (χ1n) is 6.65. The molecular weight excluding hydrogens is 320 g/mol. The summed E-state index contributed by atoms with van der Waals surface area (Å²) in [4.78, 5) is 12.6. The maximum atomic E-state index is 12.6. The number of rotatable bonds is 5. The maximum absolute atomic E-state index is 12.6. The number of carbonyl (C=O) groups is 1. The van der Waals surface area contributed by atoms with Crippen LogP contribution in [0.15, 0.2) is 16.6 Å². The molecule has 0 radical (unpaired) electrons. The Balaban J connectivity index is 3.10. The SMILES string of the molecule is COc1cc(Br)c(C(=O)CC(C)C(C)(C)C)c(OC)c1. The summed E-state index contributed by atoms with van der Waals surface area (Å²) in [5.41, 5.74) is 0.686. The van der Waals surface area contributed by atoms with E-state index in [1.807, 2.05) is 0 Å². The second-order valence-electron chi connectivity index (χ2n) is 6.08. The highest BCUT2D eigenvalue weighted by Gasteiger charge is 2.26. The van der Waals surface area contributed by atoms with Crippen LogP contribution in [0.2, 0.25) is 0 Å². The Hall–Kier alpha value is -1.03. The van der Waals surface area contributed by atoms with Crippen LogP contribution in [0.25, 0.3) is 0 Å². The molecule has 0 aliphatic rings. The Labute approximate surface area is 129 Å². The third-order valence-corrected chi connectivity index (χ3v) is 4.36. The minimum Gasteiger partial charge on any atom is -0.497 e. The van der Waals surface area contributed by atoms with E-state index in [0.717, 1.165) is 0 Å². The molecule has 0 amide bonds. The minimum absolute atomic E-state index is 0.0822. The summed E-state index contributed by atoms with van der Waals surface area (Å²) in [5.74, 6) is 1.57. The van der Waals surface area contributed by atoms with Crippen molar-refractivity contribution >= 4 is 21.7 Å². The van der Waals surface area contributed by atoms with E-state index in [-0.39, 0.29) is 17.1 Å². The fourth-order valence-corrected chi connectivity index (χ4v) is 2.44. The Bertz CT molecular complexity index is 489. The van der Waals surface area contributed by atoms with Gasteiger partial charge < -0.3 is 9.47 Å². The number of hydrogen-bond donors (Lipinski definition) is 0. The monoisotopic (exact) mass is 342 g/mol. The highest BCUT2D eigenvalue weighted by molar-refractivity contribution is 9.10. The summed E-state index contributed by atoms with van der Waals surface area (Å²) >= 11 is 3.44. The molecule has 0 fully saturated rings. The zero-order valence-electron chi connectivity index (χ0n) is 13.0. The van der Waals surface area contributed by atoms with Gasteiger partial charge in [0.05, 0.1) is 19.8 Å². The molecule has 0 bridgehead atoms. The molecule has 0 aromatic heterocycles. The smallest absolute Gasteiger partial charge is 0.168 e. The van der Waals surface area contributed by atoms with Gasteiger partial charge in [-0.3, -0.25) is 4.79 Å². The number of ether oxygens (including phenoxy) is 2. The van der Waals surface area contributed by atoms with Crippen molar-refractivity contribution < 1.29 is 14.3 Å². The molecule has 20 heavy (non-hydrogen) atoms. The van der Waals surface area contributed by atoms with Crippen molar-refractivity contribution in [2.45, 2.75) is 34.1 Å². The normalized spacial score (nSPS) is 12.9. The van der Waals surface area contributed by atoms with Crippen molar-refractivity contribution in [3.63, 3.8) is 0 Å². The molecule has 1 rings (SSSR count). The lowest BCUT2D eigenvalue weighted by Crippen LogP contribution is -2.21. The summed E-state index contributed by atoms with van der Waals surface area (Å²) in [5, 5.41) is 0. The van der Waals surface area contributed by atoms with Gasteiger partial charge in [-0.25, -0.2) is 0 Å². The average Bonchev–Trinajstić information content (AvgIpc) is 2.35. The molecule has 1 aromatic carbocycles. The molecule has 0 aliphatic heterocycles. The van der Waals surface area contributed by atoms with E-state index in [2.05, 4.69) is 43.6 Å². The molecule has 0 heterocycles. The number of hydrogen-bond acceptors (Lipinski definition) is 3. The Morgan fingerprint density at radius 1 is 1.25 bits per heavy atom. The number of benzene rings is 1. The summed E-state index contributed by atoms with van der Waals surface area (Å²) in [6, 6.07) is 3.53. The zero-order chi connectivity index (χ0) is 15.5. The van der Waals surface area contributed by atoms with Crippen LogP contribution < -0.4 is 9.47 Å². The standard InChI is InChI=1S/C16H23BrO3/c1-10(16(2,3)4)7-13(18)15-12(17)8-11(19-5)9-14(15)20-6/h8-10H,7H2,1-6H3. The van der Waals surface area contributed by atoms with Gasteiger partial charge in [-0.2, -0.15) is 0 Å². The summed E-state index contributed by atoms with van der Waals surface area (Å²) in [6.45, 7) is 8.53. The van der Waals surface area contributed by atoms with Gasteiger partial charge in [0.2, 0.25) is 0 Å². The fourth-order valence-electron chi connectivity index (χ4n) is 1.79. The summed E-state index contributed by atoms with van der Waals surface area (Å²) in [6.07, 6.45) is 0.491. The first-order chi connectivity index (χ1) is 9.20. The predicted octanol–water partition coefficient (Wildman–Crippen LogP) is 4.72. The molecule has 4 heteroatoms. The summed E-state index contributed by atoms with van der Waals surface area (Å²) < 4.78 is 11.2. The van der Waals surface area contributed by atoms with Gasteiger partial charge >= 0.3 is 0 Å². The van der Waals surface area contributed by atoms with Gasteiger partial charge in [0.1, 0.15) is 11.5 Å². The molecule has 1 unspecified atom stereocenters. The highest BCUT2D eigenvalue weighted by atomic mass is 79.9. The van der Waals surface area contributed by atoms with E-state index in [9.17, 15) is 4.79 Å². The van der Waals surface area contributed by atoms with E-state index < -0.39 is 0 Å². The number of Topliss-reactive ketones (excluding diaryl/α,β-unsaturated/α-hetero) is 1. The molecule has 1 atom stereocenters. The quantitative estimate of drug-likeness (QED) is 0.726. The van der Waals surface area contributed by atoms with Gasteiger partial charge in [-0.1, -0.05) is 27.7 Å². The second kappa shape index (κ2) is 6.61. The molecule has 0 N–H and O–H groups in total. The van der Waals surface area contributed by atoms with Crippen molar-refractivity contribution in [3.8, 4) is 11.5 Å². The maximum Gasteiger partial charge on any atom is 0.168 e. The number of carbonyl (C=O) groups excluding carboxylic acids is 1. The predicted molar refractivity (Wildman–Crippen MR) is 84.8 cm³/mol. The number of ketones is 1.